The smallest absolute Gasteiger partial charge is 0.303 e. The maximum atomic E-state index is 11.0. The molecule has 0 radical (unpaired) electrons. The van der Waals surface area contributed by atoms with Crippen LogP contribution in [-0.4, -0.2) is 45.8 Å². The molecule has 2 N–H and O–H groups in total. The molecule has 5 fully saturated rings. The van der Waals surface area contributed by atoms with Crippen molar-refractivity contribution < 1.29 is 15.0 Å². The Balaban J connectivity index is 0.000000214. The molecule has 4 saturated carbocycles. The van der Waals surface area contributed by atoms with Crippen molar-refractivity contribution in [3.63, 3.8) is 0 Å². The van der Waals surface area contributed by atoms with Gasteiger partial charge in [0.1, 0.15) is 0 Å². The minimum absolute atomic E-state index is 0.0561. The molecule has 39 heavy (non-hydrogen) atoms. The van der Waals surface area contributed by atoms with Crippen molar-refractivity contribution in [1.29, 1.82) is 0 Å². The van der Waals surface area contributed by atoms with E-state index < -0.39 is 5.97 Å². The second-order valence-electron chi connectivity index (χ2n) is 14.6. The maximum absolute atomic E-state index is 11.0. The number of hydrogen-bond acceptors (Lipinski definition) is 4. The first-order chi connectivity index (χ1) is 18.6. The van der Waals surface area contributed by atoms with Crippen molar-refractivity contribution in [3.05, 3.63) is 30.1 Å². The van der Waals surface area contributed by atoms with Crippen LogP contribution in [0.15, 0.2) is 24.5 Å². The van der Waals surface area contributed by atoms with Crippen LogP contribution in [0.2, 0.25) is 0 Å². The lowest BCUT2D eigenvalue weighted by Gasteiger charge is -2.61. The van der Waals surface area contributed by atoms with Gasteiger partial charge < -0.3 is 10.2 Å². The molecule has 0 spiro atoms. The molecule has 1 aliphatic heterocycles. The van der Waals surface area contributed by atoms with Crippen molar-refractivity contribution in [3.8, 4) is 0 Å². The third-order valence-electron chi connectivity index (χ3n) is 12.8. The summed E-state index contributed by atoms with van der Waals surface area (Å²) < 4.78 is 0. The Morgan fingerprint density at radius 3 is 2.54 bits per heavy atom. The van der Waals surface area contributed by atoms with Gasteiger partial charge in [0.2, 0.25) is 0 Å². The minimum Gasteiger partial charge on any atom is -0.481 e. The lowest BCUT2D eigenvalue weighted by molar-refractivity contribution is -0.138. The van der Waals surface area contributed by atoms with Gasteiger partial charge in [-0.25, -0.2) is 0 Å². The molecule has 0 unspecified atom stereocenters. The summed E-state index contributed by atoms with van der Waals surface area (Å²) in [6.07, 6.45) is 18.9. The molecule has 6 rings (SSSR count). The highest BCUT2D eigenvalue weighted by atomic mass is 16.4. The van der Waals surface area contributed by atoms with Gasteiger partial charge in [-0.1, -0.05) is 26.8 Å². The first kappa shape index (κ1) is 29.0. The molecule has 10 atom stereocenters. The lowest BCUT2D eigenvalue weighted by atomic mass is 9.44. The zero-order valence-electron chi connectivity index (χ0n) is 25.0. The third kappa shape index (κ3) is 5.69. The fraction of sp³-hybridized carbons (Fsp3) is 0.824. The van der Waals surface area contributed by atoms with Crippen LogP contribution in [0, 0.1) is 46.3 Å². The summed E-state index contributed by atoms with van der Waals surface area (Å²) in [4.78, 5) is 17.6. The number of aromatic nitrogens is 1. The number of hydrogen-bond donors (Lipinski definition) is 2. The molecule has 0 amide bonds. The van der Waals surface area contributed by atoms with Crippen molar-refractivity contribution >= 4 is 5.97 Å². The summed E-state index contributed by atoms with van der Waals surface area (Å²) in [5.74, 6) is 3.91. The van der Waals surface area contributed by atoms with E-state index in [1.54, 1.807) is 0 Å². The Morgan fingerprint density at radius 1 is 1.08 bits per heavy atom. The Morgan fingerprint density at radius 2 is 1.85 bits per heavy atom. The quantitative estimate of drug-likeness (QED) is 0.410. The van der Waals surface area contributed by atoms with E-state index in [9.17, 15) is 9.90 Å². The zero-order chi connectivity index (χ0) is 27.8. The van der Waals surface area contributed by atoms with Gasteiger partial charge >= 0.3 is 5.97 Å². The van der Waals surface area contributed by atoms with E-state index >= 15 is 0 Å². The van der Waals surface area contributed by atoms with E-state index in [1.807, 2.05) is 18.5 Å². The van der Waals surface area contributed by atoms with Crippen LogP contribution in [0.5, 0.6) is 0 Å². The molecule has 0 bridgehead atoms. The summed E-state index contributed by atoms with van der Waals surface area (Å²) in [6.45, 7) is 8.65. The second-order valence-corrected chi connectivity index (χ2v) is 14.6. The Kier molecular flexibility index (Phi) is 8.79. The molecule has 0 aromatic carbocycles. The molecule has 1 aromatic rings. The monoisotopic (exact) mass is 538 g/mol. The lowest BCUT2D eigenvalue weighted by Crippen LogP contribution is -2.54. The minimum atomic E-state index is -0.643. The Labute approximate surface area is 237 Å². The zero-order valence-corrected chi connectivity index (χ0v) is 25.0. The highest BCUT2D eigenvalue weighted by Gasteiger charge is 2.60. The standard InChI is InChI=1S/C24H40O3.C10H14N2/c1-15(4-9-22(26)27)19-7-8-20-18-6-5-16-14-17(25)10-12-23(16,2)21(18)11-13-24(19,20)3;1-12-7-3-5-10(12)9-4-2-6-11-8-9/h15-21,25H,4-14H2,1-3H3,(H,26,27);2,4,6,8,10H,3,5,7H2,1H3/t15-,16-,17-,18+,19-,20+,21+,23+,24-;10-/m10/s1. The van der Waals surface area contributed by atoms with Gasteiger partial charge in [-0.2, -0.15) is 0 Å². The molecule has 5 nitrogen and oxygen atoms in total. The number of aliphatic hydroxyl groups excluding tert-OH is 1. The summed E-state index contributed by atoms with van der Waals surface area (Å²) in [5.41, 5.74) is 2.24. The topological polar surface area (TPSA) is 73.7 Å². The van der Waals surface area contributed by atoms with Crippen LogP contribution in [0.1, 0.15) is 116 Å². The van der Waals surface area contributed by atoms with Gasteiger partial charge in [-0.05, 0) is 149 Å². The van der Waals surface area contributed by atoms with Crippen LogP contribution in [0.3, 0.4) is 0 Å². The van der Waals surface area contributed by atoms with Crippen molar-refractivity contribution in [1.82, 2.24) is 9.88 Å². The largest absolute Gasteiger partial charge is 0.481 e. The molecule has 218 valence electrons. The van der Waals surface area contributed by atoms with Crippen molar-refractivity contribution in [2.75, 3.05) is 13.6 Å². The Bertz CT molecular complexity index is 970. The molecule has 2 heterocycles. The van der Waals surface area contributed by atoms with E-state index in [0.717, 1.165) is 42.9 Å². The molecule has 1 saturated heterocycles. The number of carboxylic acids is 1. The van der Waals surface area contributed by atoms with Crippen LogP contribution < -0.4 is 0 Å². The molecule has 1 aromatic heterocycles. The molecular formula is C34H54N2O3. The average molecular weight is 539 g/mol. The number of pyridine rings is 1. The fourth-order valence-corrected chi connectivity index (χ4v) is 10.7. The number of fused-ring (bicyclic) bond motifs is 5. The first-order valence-electron chi connectivity index (χ1n) is 16.1. The number of nitrogens with zero attached hydrogens (tertiary/aromatic N) is 2. The van der Waals surface area contributed by atoms with Gasteiger partial charge in [0.05, 0.1) is 6.10 Å². The van der Waals surface area contributed by atoms with Gasteiger partial charge in [-0.15, -0.1) is 0 Å². The fourth-order valence-electron chi connectivity index (χ4n) is 10.7. The third-order valence-corrected chi connectivity index (χ3v) is 12.8. The van der Waals surface area contributed by atoms with Crippen LogP contribution in [-0.2, 0) is 4.79 Å². The van der Waals surface area contributed by atoms with Crippen LogP contribution >= 0.6 is 0 Å². The van der Waals surface area contributed by atoms with Crippen LogP contribution in [0.25, 0.3) is 0 Å². The molecule has 4 aliphatic carbocycles. The van der Waals surface area contributed by atoms with Crippen molar-refractivity contribution in [2.24, 2.45) is 46.3 Å². The predicted molar refractivity (Wildman–Crippen MR) is 156 cm³/mol. The normalized spacial score (nSPS) is 42.4. The molecular weight excluding hydrogens is 484 g/mol. The average Bonchev–Trinajstić information content (AvgIpc) is 3.51. The number of carboxylic acid groups (broad SMARTS) is 1. The highest BCUT2D eigenvalue weighted by molar-refractivity contribution is 5.66. The van der Waals surface area contributed by atoms with Crippen LogP contribution in [0.4, 0.5) is 0 Å². The van der Waals surface area contributed by atoms with Gasteiger partial charge in [-0.3, -0.25) is 14.7 Å². The second kappa shape index (κ2) is 11.8. The van der Waals surface area contributed by atoms with Gasteiger partial charge in [0.25, 0.3) is 0 Å². The highest BCUT2D eigenvalue weighted by Crippen LogP contribution is 2.68. The molecule has 5 aliphatic rings. The van der Waals surface area contributed by atoms with E-state index in [-0.39, 0.29) is 6.10 Å². The summed E-state index contributed by atoms with van der Waals surface area (Å²) in [6, 6.07) is 4.79. The SMILES string of the molecule is CN1CCC[C@H]1c1cccnc1.C[C@H](CCC(=O)O)[C@H]1CC[C@H]2[C@@H]3CC[C@@H]4C[C@H](O)CC[C@]4(C)[C@H]3CC[C@]12C. The van der Waals surface area contributed by atoms with E-state index in [2.05, 4.69) is 43.8 Å². The predicted octanol–water partition coefficient (Wildman–Crippen LogP) is 7.36. The Hall–Kier alpha value is -1.46. The van der Waals surface area contributed by atoms with E-state index in [1.165, 1.54) is 69.9 Å². The number of likely N-dealkylation sites (tertiary alicyclic amines) is 1. The summed E-state index contributed by atoms with van der Waals surface area (Å²) in [7, 11) is 2.19. The number of aliphatic hydroxyl groups is 1. The summed E-state index contributed by atoms with van der Waals surface area (Å²) in [5, 5.41) is 19.3. The van der Waals surface area contributed by atoms with Gasteiger partial charge in [0, 0.05) is 24.9 Å². The van der Waals surface area contributed by atoms with Crippen molar-refractivity contribution in [2.45, 2.75) is 116 Å². The number of carbonyl (C=O) groups is 1. The molecule has 5 heteroatoms. The number of aliphatic carboxylic acids is 1. The summed E-state index contributed by atoms with van der Waals surface area (Å²) >= 11 is 0. The van der Waals surface area contributed by atoms with E-state index in [4.69, 9.17) is 5.11 Å². The van der Waals surface area contributed by atoms with Gasteiger partial charge in [0.15, 0.2) is 0 Å². The maximum Gasteiger partial charge on any atom is 0.303 e. The number of rotatable bonds is 5. The first-order valence-corrected chi connectivity index (χ1v) is 16.1. The van der Waals surface area contributed by atoms with E-state index in [0.29, 0.717) is 35.1 Å².